The van der Waals surface area contributed by atoms with E-state index in [0.717, 1.165) is 16.7 Å². The Kier molecular flexibility index (Phi) is 6.64. The number of hydrogen-bond acceptors (Lipinski definition) is 2. The number of carbonyl (C=O) groups is 2. The average molecular weight is 377 g/mol. The summed E-state index contributed by atoms with van der Waals surface area (Å²) in [6.07, 6.45) is 4.96. The van der Waals surface area contributed by atoms with Gasteiger partial charge in [-0.1, -0.05) is 54.1 Å². The Labute approximate surface area is 167 Å². The Bertz CT molecular complexity index is 850. The monoisotopic (exact) mass is 376 g/mol. The number of aryl methyl sites for hydroxylation is 2. The van der Waals surface area contributed by atoms with Crippen LogP contribution >= 0.6 is 0 Å². The number of nitrogens with zero attached hydrogens (tertiary/aromatic N) is 1. The zero-order valence-electron chi connectivity index (χ0n) is 16.7. The first-order valence-electron chi connectivity index (χ1n) is 9.89. The quantitative estimate of drug-likeness (QED) is 0.806. The lowest BCUT2D eigenvalue weighted by Crippen LogP contribution is -2.42. The molecule has 1 aliphatic heterocycles. The number of benzene rings is 2. The molecule has 1 aliphatic rings. The van der Waals surface area contributed by atoms with E-state index in [4.69, 9.17) is 0 Å². The van der Waals surface area contributed by atoms with Gasteiger partial charge in [-0.15, -0.1) is 0 Å². The lowest BCUT2D eigenvalue weighted by molar-refractivity contribution is -0.132. The van der Waals surface area contributed by atoms with Gasteiger partial charge < -0.3 is 10.2 Å². The molecule has 2 amide bonds. The number of likely N-dealkylation sites (tertiary alicyclic amines) is 1. The molecule has 1 N–H and O–H groups in total. The first-order valence-corrected chi connectivity index (χ1v) is 9.89. The van der Waals surface area contributed by atoms with Gasteiger partial charge in [-0.25, -0.2) is 0 Å². The molecule has 0 saturated carbocycles. The van der Waals surface area contributed by atoms with Gasteiger partial charge in [0.25, 0.3) is 0 Å². The van der Waals surface area contributed by atoms with Crippen molar-refractivity contribution in [2.45, 2.75) is 33.2 Å². The molecular formula is C24H28N2O2. The van der Waals surface area contributed by atoms with Gasteiger partial charge in [0.1, 0.15) is 0 Å². The summed E-state index contributed by atoms with van der Waals surface area (Å²) in [6, 6.07) is 16.1. The van der Waals surface area contributed by atoms with Crippen LogP contribution in [0.15, 0.2) is 54.6 Å². The van der Waals surface area contributed by atoms with E-state index in [-0.39, 0.29) is 17.7 Å². The Hall–Kier alpha value is -2.88. The number of rotatable bonds is 5. The molecule has 1 saturated heterocycles. The zero-order valence-corrected chi connectivity index (χ0v) is 16.7. The number of nitrogens with one attached hydrogen (secondary N) is 1. The zero-order chi connectivity index (χ0) is 19.9. The molecule has 0 aliphatic carbocycles. The highest BCUT2D eigenvalue weighted by molar-refractivity contribution is 5.92. The van der Waals surface area contributed by atoms with Gasteiger partial charge in [0.2, 0.25) is 11.8 Å². The maximum Gasteiger partial charge on any atom is 0.246 e. The molecule has 146 valence electrons. The van der Waals surface area contributed by atoms with E-state index in [9.17, 15) is 9.59 Å². The van der Waals surface area contributed by atoms with Gasteiger partial charge in [0.05, 0.1) is 0 Å². The summed E-state index contributed by atoms with van der Waals surface area (Å²) in [7, 11) is 0. The number of piperidine rings is 1. The molecule has 28 heavy (non-hydrogen) atoms. The van der Waals surface area contributed by atoms with E-state index < -0.39 is 0 Å². The van der Waals surface area contributed by atoms with Crippen molar-refractivity contribution in [2.75, 3.05) is 13.1 Å². The maximum absolute atomic E-state index is 12.5. The smallest absolute Gasteiger partial charge is 0.246 e. The largest absolute Gasteiger partial charge is 0.352 e. The average Bonchev–Trinajstić information content (AvgIpc) is 2.72. The van der Waals surface area contributed by atoms with E-state index in [1.165, 1.54) is 5.56 Å². The van der Waals surface area contributed by atoms with Gasteiger partial charge >= 0.3 is 0 Å². The van der Waals surface area contributed by atoms with Gasteiger partial charge in [-0.2, -0.15) is 0 Å². The van der Waals surface area contributed by atoms with E-state index in [0.29, 0.717) is 32.5 Å². The van der Waals surface area contributed by atoms with Crippen molar-refractivity contribution < 1.29 is 9.59 Å². The van der Waals surface area contributed by atoms with Crippen molar-refractivity contribution in [3.63, 3.8) is 0 Å². The third-order valence-corrected chi connectivity index (χ3v) is 5.32. The lowest BCUT2D eigenvalue weighted by atomic mass is 9.95. The predicted molar refractivity (Wildman–Crippen MR) is 113 cm³/mol. The van der Waals surface area contributed by atoms with Crippen molar-refractivity contribution >= 4 is 17.9 Å². The maximum atomic E-state index is 12.5. The second-order valence-electron chi connectivity index (χ2n) is 7.50. The number of amides is 2. The minimum Gasteiger partial charge on any atom is -0.352 e. The fourth-order valence-electron chi connectivity index (χ4n) is 3.57. The fourth-order valence-corrected chi connectivity index (χ4v) is 3.57. The number of hydrogen-bond donors (Lipinski definition) is 1. The molecule has 0 unspecified atom stereocenters. The van der Waals surface area contributed by atoms with Crippen molar-refractivity contribution in [1.82, 2.24) is 10.2 Å². The summed E-state index contributed by atoms with van der Waals surface area (Å²) in [4.78, 5) is 26.7. The van der Waals surface area contributed by atoms with Gasteiger partial charge in [-0.3, -0.25) is 9.59 Å². The Morgan fingerprint density at radius 2 is 1.79 bits per heavy atom. The van der Waals surface area contributed by atoms with E-state index in [2.05, 4.69) is 31.3 Å². The number of carbonyl (C=O) groups excluding carboxylic acids is 2. The van der Waals surface area contributed by atoms with Crippen molar-refractivity contribution in [3.05, 3.63) is 76.9 Å². The van der Waals surface area contributed by atoms with Crippen LogP contribution in [0.2, 0.25) is 0 Å². The van der Waals surface area contributed by atoms with Crippen molar-refractivity contribution in [1.29, 1.82) is 0 Å². The van der Waals surface area contributed by atoms with Crippen LogP contribution in [0.25, 0.3) is 6.08 Å². The molecule has 2 aromatic rings. The summed E-state index contributed by atoms with van der Waals surface area (Å²) in [5.74, 6) is 0.0842. The molecule has 0 bridgehead atoms. The summed E-state index contributed by atoms with van der Waals surface area (Å²) in [6.45, 7) is 5.92. The highest BCUT2D eigenvalue weighted by atomic mass is 16.2. The molecule has 0 aromatic heterocycles. The van der Waals surface area contributed by atoms with E-state index in [1.54, 1.807) is 6.08 Å². The van der Waals surface area contributed by atoms with Crippen molar-refractivity contribution in [2.24, 2.45) is 5.92 Å². The Balaban J connectivity index is 1.47. The normalized spacial score (nSPS) is 15.0. The lowest BCUT2D eigenvalue weighted by Gasteiger charge is -2.30. The Morgan fingerprint density at radius 1 is 1.07 bits per heavy atom. The summed E-state index contributed by atoms with van der Waals surface area (Å²) >= 11 is 0. The first kappa shape index (κ1) is 19.9. The molecule has 0 radical (unpaired) electrons. The predicted octanol–water partition coefficient (Wildman–Crippen LogP) is 3.87. The molecular weight excluding hydrogens is 348 g/mol. The van der Waals surface area contributed by atoms with Crippen LogP contribution < -0.4 is 5.32 Å². The van der Waals surface area contributed by atoms with Crippen LogP contribution in [0.3, 0.4) is 0 Å². The molecule has 1 heterocycles. The molecule has 0 atom stereocenters. The second kappa shape index (κ2) is 9.36. The van der Waals surface area contributed by atoms with Gasteiger partial charge in [0, 0.05) is 31.6 Å². The molecule has 0 spiro atoms. The standard InChI is InChI=1S/C24H28N2O2/c1-18-8-9-21(19(2)16-18)10-11-23(27)26-14-12-22(13-15-26)24(28)25-17-20-6-4-3-5-7-20/h3-11,16,22H,12-15,17H2,1-2H3,(H,25,28)/b11-10+. The van der Waals surface area contributed by atoms with Crippen LogP contribution in [-0.2, 0) is 16.1 Å². The topological polar surface area (TPSA) is 49.4 Å². The highest BCUT2D eigenvalue weighted by Crippen LogP contribution is 2.19. The highest BCUT2D eigenvalue weighted by Gasteiger charge is 2.26. The summed E-state index contributed by atoms with van der Waals surface area (Å²) < 4.78 is 0. The van der Waals surface area contributed by atoms with Crippen LogP contribution in [0.4, 0.5) is 0 Å². The van der Waals surface area contributed by atoms with E-state index in [1.807, 2.05) is 47.4 Å². The minimum atomic E-state index is -0.0175. The summed E-state index contributed by atoms with van der Waals surface area (Å²) in [5.41, 5.74) is 4.54. The molecule has 3 rings (SSSR count). The SMILES string of the molecule is Cc1ccc(/C=C/C(=O)N2CCC(C(=O)NCc3ccccc3)CC2)c(C)c1. The van der Waals surface area contributed by atoms with Gasteiger partial charge in [0.15, 0.2) is 0 Å². The van der Waals surface area contributed by atoms with Gasteiger partial charge in [-0.05, 0) is 49.5 Å². The molecule has 4 nitrogen and oxygen atoms in total. The molecule has 2 aromatic carbocycles. The molecule has 4 heteroatoms. The second-order valence-corrected chi connectivity index (χ2v) is 7.50. The third-order valence-electron chi connectivity index (χ3n) is 5.32. The summed E-state index contributed by atoms with van der Waals surface area (Å²) in [5, 5.41) is 3.01. The fraction of sp³-hybridized carbons (Fsp3) is 0.333. The van der Waals surface area contributed by atoms with Crippen LogP contribution in [0.1, 0.15) is 35.1 Å². The van der Waals surface area contributed by atoms with Crippen LogP contribution in [0, 0.1) is 19.8 Å². The molecule has 1 fully saturated rings. The van der Waals surface area contributed by atoms with E-state index >= 15 is 0 Å². The third kappa shape index (κ3) is 5.32. The van der Waals surface area contributed by atoms with Crippen molar-refractivity contribution in [3.8, 4) is 0 Å². The van der Waals surface area contributed by atoms with Crippen LogP contribution in [-0.4, -0.2) is 29.8 Å². The first-order chi connectivity index (χ1) is 13.5. The minimum absolute atomic E-state index is 0.0168. The Morgan fingerprint density at radius 3 is 2.46 bits per heavy atom. The van der Waals surface area contributed by atoms with Crippen LogP contribution in [0.5, 0.6) is 0 Å².